The number of hydrogen-bond donors (Lipinski definition) is 0. The molecule has 3 atom stereocenters. The molecule has 0 bridgehead atoms. The van der Waals surface area contributed by atoms with E-state index in [2.05, 4.69) is 170 Å². The van der Waals surface area contributed by atoms with Gasteiger partial charge in [0.25, 0.3) is 16.6 Å². The number of cyclic esters (lactones) is 1. The molecule has 0 saturated carbocycles. The lowest BCUT2D eigenvalue weighted by Gasteiger charge is -2.48. The van der Waals surface area contributed by atoms with Crippen molar-refractivity contribution in [1.82, 2.24) is 0 Å². The molecular formula is C39H48O4Si2. The molecule has 4 nitrogen and oxygen atoms in total. The first-order chi connectivity index (χ1) is 21.4. The van der Waals surface area contributed by atoms with Crippen molar-refractivity contribution < 1.29 is 18.4 Å². The summed E-state index contributed by atoms with van der Waals surface area (Å²) in [6, 6.07) is 42.7. The maximum atomic E-state index is 12.8. The molecule has 1 fully saturated rings. The van der Waals surface area contributed by atoms with Gasteiger partial charge in [-0.05, 0) is 30.8 Å². The van der Waals surface area contributed by atoms with Crippen LogP contribution in [0, 0.1) is 5.92 Å². The van der Waals surface area contributed by atoms with Crippen molar-refractivity contribution in [2.24, 2.45) is 5.92 Å². The van der Waals surface area contributed by atoms with Crippen LogP contribution in [-0.4, -0.2) is 41.4 Å². The molecule has 1 aliphatic heterocycles. The molecule has 5 rings (SSSR count). The Kier molecular flexibility index (Phi) is 9.71. The smallest absolute Gasteiger partial charge is 0.306 e. The zero-order valence-electron chi connectivity index (χ0n) is 27.8. The SMILES string of the molecule is C[C@H]1CC(=O)O[C@@H]1[C@@H](CO[Si](c1ccccc1)(c1ccccc1)C(C)(C)C)O[Si](c1ccccc1)(c1ccccc1)C(C)(C)C. The van der Waals surface area contributed by atoms with Crippen molar-refractivity contribution in [3.8, 4) is 0 Å². The third-order valence-corrected chi connectivity index (χ3v) is 19.4. The first kappa shape index (κ1) is 33.1. The standard InChI is InChI=1S/C39H48O4Si2/c1-30-28-36(40)42-37(30)35(43-45(39(5,6)7,33-24-16-10-17-25-33)34-26-18-11-19-27-34)29-41-44(38(2,3)4,31-20-12-8-13-21-31)32-22-14-9-15-23-32/h8-27,30,35,37H,28-29H2,1-7H3/t30-,35+,37-/m0/s1. The molecule has 6 heteroatoms. The van der Waals surface area contributed by atoms with Gasteiger partial charge >= 0.3 is 5.97 Å². The molecule has 0 amide bonds. The highest BCUT2D eigenvalue weighted by Gasteiger charge is 2.55. The van der Waals surface area contributed by atoms with Crippen LogP contribution >= 0.6 is 0 Å². The largest absolute Gasteiger partial charge is 0.459 e. The second kappa shape index (κ2) is 13.2. The fraction of sp³-hybridized carbons (Fsp3) is 0.359. The Bertz CT molecular complexity index is 1450. The zero-order valence-corrected chi connectivity index (χ0v) is 29.8. The highest BCUT2D eigenvalue weighted by atomic mass is 28.4. The van der Waals surface area contributed by atoms with Crippen LogP contribution in [0.2, 0.25) is 10.1 Å². The second-order valence-corrected chi connectivity index (χ2v) is 23.0. The Morgan fingerprint density at radius 3 is 1.31 bits per heavy atom. The van der Waals surface area contributed by atoms with Gasteiger partial charge in [0.1, 0.15) is 12.2 Å². The minimum absolute atomic E-state index is 0.00321. The Morgan fingerprint density at radius 1 is 0.644 bits per heavy atom. The summed E-state index contributed by atoms with van der Waals surface area (Å²) in [6.07, 6.45) is -0.512. The fourth-order valence-electron chi connectivity index (χ4n) is 7.22. The van der Waals surface area contributed by atoms with E-state index in [1.54, 1.807) is 0 Å². The van der Waals surface area contributed by atoms with Crippen LogP contribution in [0.5, 0.6) is 0 Å². The third kappa shape index (κ3) is 6.39. The lowest BCUT2D eigenvalue weighted by Crippen LogP contribution is -2.70. The van der Waals surface area contributed by atoms with E-state index in [1.165, 1.54) is 20.7 Å². The summed E-state index contributed by atoms with van der Waals surface area (Å²) in [5, 5.41) is 4.37. The van der Waals surface area contributed by atoms with E-state index in [1.807, 2.05) is 0 Å². The number of ether oxygens (including phenoxy) is 1. The second-order valence-electron chi connectivity index (χ2n) is 14.4. The van der Waals surface area contributed by atoms with Gasteiger partial charge in [0.05, 0.1) is 13.0 Å². The summed E-state index contributed by atoms with van der Waals surface area (Å²) in [4.78, 5) is 12.8. The maximum absolute atomic E-state index is 12.8. The fourth-order valence-corrected chi connectivity index (χ4v) is 16.5. The highest BCUT2D eigenvalue weighted by Crippen LogP contribution is 2.41. The molecule has 0 radical (unpaired) electrons. The molecule has 236 valence electrons. The summed E-state index contributed by atoms with van der Waals surface area (Å²) >= 11 is 0. The Labute approximate surface area is 272 Å². The number of carbonyl (C=O) groups is 1. The van der Waals surface area contributed by atoms with Crippen molar-refractivity contribution in [2.45, 2.75) is 77.2 Å². The topological polar surface area (TPSA) is 44.8 Å². The van der Waals surface area contributed by atoms with Crippen molar-refractivity contribution in [3.05, 3.63) is 121 Å². The number of carbonyl (C=O) groups excluding carboxylic acids is 1. The molecular weight excluding hydrogens is 589 g/mol. The Balaban J connectivity index is 1.68. The van der Waals surface area contributed by atoms with Gasteiger partial charge in [-0.15, -0.1) is 0 Å². The molecule has 0 spiro atoms. The molecule has 0 aliphatic carbocycles. The van der Waals surface area contributed by atoms with E-state index in [9.17, 15) is 4.79 Å². The number of hydrogen-bond acceptors (Lipinski definition) is 4. The molecule has 4 aromatic carbocycles. The van der Waals surface area contributed by atoms with Gasteiger partial charge in [-0.25, -0.2) is 0 Å². The van der Waals surface area contributed by atoms with Crippen molar-refractivity contribution in [3.63, 3.8) is 0 Å². The molecule has 0 aromatic heterocycles. The zero-order chi connectivity index (χ0) is 32.3. The minimum Gasteiger partial charge on any atom is -0.459 e. The van der Waals surface area contributed by atoms with E-state index < -0.39 is 28.8 Å². The summed E-state index contributed by atoms with van der Waals surface area (Å²) < 4.78 is 21.3. The summed E-state index contributed by atoms with van der Waals surface area (Å²) in [5.74, 6) is -0.169. The van der Waals surface area contributed by atoms with Crippen LogP contribution in [0.15, 0.2) is 121 Å². The molecule has 0 unspecified atom stereocenters. The molecule has 1 heterocycles. The van der Waals surface area contributed by atoms with Crippen LogP contribution in [0.25, 0.3) is 0 Å². The molecule has 4 aromatic rings. The number of esters is 1. The summed E-state index contributed by atoms with van der Waals surface area (Å²) in [6.45, 7) is 16.1. The summed E-state index contributed by atoms with van der Waals surface area (Å²) in [7, 11) is -5.88. The van der Waals surface area contributed by atoms with E-state index in [4.69, 9.17) is 13.6 Å². The van der Waals surface area contributed by atoms with Gasteiger partial charge in [-0.2, -0.15) is 0 Å². The maximum Gasteiger partial charge on any atom is 0.306 e. The predicted molar refractivity (Wildman–Crippen MR) is 190 cm³/mol. The van der Waals surface area contributed by atoms with Crippen molar-refractivity contribution >= 4 is 43.4 Å². The lowest BCUT2D eigenvalue weighted by atomic mass is 10.00. The van der Waals surface area contributed by atoms with Gasteiger partial charge in [0.15, 0.2) is 0 Å². The van der Waals surface area contributed by atoms with Gasteiger partial charge in [-0.1, -0.05) is 170 Å². The van der Waals surface area contributed by atoms with Crippen LogP contribution in [0.1, 0.15) is 54.9 Å². The van der Waals surface area contributed by atoms with Crippen molar-refractivity contribution in [2.75, 3.05) is 6.61 Å². The van der Waals surface area contributed by atoms with Crippen LogP contribution in [0.3, 0.4) is 0 Å². The monoisotopic (exact) mass is 636 g/mol. The molecule has 45 heavy (non-hydrogen) atoms. The van der Waals surface area contributed by atoms with E-state index >= 15 is 0 Å². The minimum atomic E-state index is -2.99. The normalized spacial score (nSPS) is 18.4. The summed E-state index contributed by atoms with van der Waals surface area (Å²) in [5.41, 5.74) is 0. The number of benzene rings is 4. The number of rotatable bonds is 10. The van der Waals surface area contributed by atoms with Crippen LogP contribution in [-0.2, 0) is 18.4 Å². The van der Waals surface area contributed by atoms with Gasteiger partial charge in [0, 0.05) is 5.92 Å². The van der Waals surface area contributed by atoms with Gasteiger partial charge < -0.3 is 13.6 Å². The molecule has 0 N–H and O–H groups in total. The van der Waals surface area contributed by atoms with E-state index in [-0.39, 0.29) is 22.0 Å². The van der Waals surface area contributed by atoms with E-state index in [0.29, 0.717) is 13.0 Å². The van der Waals surface area contributed by atoms with Gasteiger partial charge in [-0.3, -0.25) is 4.79 Å². The molecule has 1 aliphatic rings. The van der Waals surface area contributed by atoms with Gasteiger partial charge in [0.2, 0.25) is 0 Å². The van der Waals surface area contributed by atoms with Crippen LogP contribution < -0.4 is 20.7 Å². The predicted octanol–water partition coefficient (Wildman–Crippen LogP) is 6.46. The van der Waals surface area contributed by atoms with Crippen LogP contribution in [0.4, 0.5) is 0 Å². The third-order valence-electron chi connectivity index (χ3n) is 9.31. The quantitative estimate of drug-likeness (QED) is 0.148. The average Bonchev–Trinajstić information content (AvgIpc) is 3.37. The lowest BCUT2D eigenvalue weighted by molar-refractivity contribution is -0.146. The Hall–Kier alpha value is -3.30. The molecule has 1 saturated heterocycles. The highest BCUT2D eigenvalue weighted by molar-refractivity contribution is 7.00. The Morgan fingerprint density at radius 2 is 1.00 bits per heavy atom. The average molecular weight is 637 g/mol. The van der Waals surface area contributed by atoms with E-state index in [0.717, 1.165) is 0 Å². The first-order valence-electron chi connectivity index (χ1n) is 16.1. The first-order valence-corrected chi connectivity index (χ1v) is 19.9. The van der Waals surface area contributed by atoms with Crippen molar-refractivity contribution in [1.29, 1.82) is 0 Å².